The van der Waals surface area contributed by atoms with Gasteiger partial charge in [0, 0.05) is 27.8 Å². The van der Waals surface area contributed by atoms with Gasteiger partial charge >= 0.3 is 0 Å². The fourth-order valence-corrected chi connectivity index (χ4v) is 5.05. The van der Waals surface area contributed by atoms with Crippen molar-refractivity contribution in [2.45, 2.75) is 68.2 Å². The largest absolute Gasteiger partial charge is 0.349 e. The Kier molecular flexibility index (Phi) is 5.32. The highest BCUT2D eigenvalue weighted by Crippen LogP contribution is 2.39. The molecule has 0 radical (unpaired) electrons. The van der Waals surface area contributed by atoms with E-state index in [-0.39, 0.29) is 5.91 Å². The Morgan fingerprint density at radius 2 is 1.78 bits per heavy atom. The first kappa shape index (κ1) is 16.8. The van der Waals surface area contributed by atoms with Crippen LogP contribution in [0.1, 0.15) is 56.3 Å². The SMILES string of the molecule is CC(C)Sc1ccc(C(=O)NC2C3CCCC2CC(N)C3)cc1. The van der Waals surface area contributed by atoms with Crippen molar-refractivity contribution in [1.82, 2.24) is 5.32 Å². The molecule has 2 saturated carbocycles. The minimum Gasteiger partial charge on any atom is -0.349 e. The van der Waals surface area contributed by atoms with E-state index in [2.05, 4.69) is 31.3 Å². The zero-order valence-corrected chi connectivity index (χ0v) is 14.9. The normalized spacial score (nSPS) is 30.3. The van der Waals surface area contributed by atoms with Crippen LogP contribution in [-0.4, -0.2) is 23.2 Å². The van der Waals surface area contributed by atoms with Crippen molar-refractivity contribution in [2.75, 3.05) is 0 Å². The second-order valence-corrected chi connectivity index (χ2v) is 9.02. The predicted octanol–water partition coefficient (Wildman–Crippen LogP) is 3.82. The van der Waals surface area contributed by atoms with Crippen molar-refractivity contribution in [3.05, 3.63) is 29.8 Å². The maximum atomic E-state index is 12.6. The monoisotopic (exact) mass is 332 g/mol. The van der Waals surface area contributed by atoms with Gasteiger partial charge in [-0.1, -0.05) is 20.3 Å². The molecule has 1 amide bonds. The third kappa shape index (κ3) is 4.10. The predicted molar refractivity (Wildman–Crippen MR) is 96.7 cm³/mol. The molecule has 2 aliphatic rings. The average Bonchev–Trinajstić information content (AvgIpc) is 2.48. The van der Waals surface area contributed by atoms with E-state index in [0.29, 0.717) is 29.2 Å². The Bertz CT molecular complexity index is 529. The number of amides is 1. The van der Waals surface area contributed by atoms with Crippen LogP contribution in [0.3, 0.4) is 0 Å². The van der Waals surface area contributed by atoms with Gasteiger partial charge in [0.15, 0.2) is 0 Å². The zero-order valence-electron chi connectivity index (χ0n) is 14.1. The highest BCUT2D eigenvalue weighted by atomic mass is 32.2. The number of hydrogen-bond donors (Lipinski definition) is 2. The Morgan fingerprint density at radius 1 is 1.17 bits per heavy atom. The highest BCUT2D eigenvalue weighted by Gasteiger charge is 2.39. The number of rotatable bonds is 4. The summed E-state index contributed by atoms with van der Waals surface area (Å²) in [6.45, 7) is 4.36. The van der Waals surface area contributed by atoms with Crippen LogP contribution in [0, 0.1) is 11.8 Å². The lowest BCUT2D eigenvalue weighted by Crippen LogP contribution is -2.53. The molecule has 2 unspecified atom stereocenters. The summed E-state index contributed by atoms with van der Waals surface area (Å²) < 4.78 is 0. The Hall–Kier alpha value is -1.00. The quantitative estimate of drug-likeness (QED) is 0.824. The number of nitrogens with two attached hydrogens (primary N) is 1. The Labute approximate surface area is 143 Å². The van der Waals surface area contributed by atoms with E-state index >= 15 is 0 Å². The van der Waals surface area contributed by atoms with Gasteiger partial charge in [-0.2, -0.15) is 0 Å². The molecule has 2 aliphatic carbocycles. The van der Waals surface area contributed by atoms with Crippen LogP contribution in [0.5, 0.6) is 0 Å². The van der Waals surface area contributed by atoms with Gasteiger partial charge in [-0.15, -0.1) is 11.8 Å². The summed E-state index contributed by atoms with van der Waals surface area (Å²) in [4.78, 5) is 13.8. The lowest BCUT2D eigenvalue weighted by Gasteiger charge is -2.45. The molecule has 0 saturated heterocycles. The molecular weight excluding hydrogens is 304 g/mol. The lowest BCUT2D eigenvalue weighted by molar-refractivity contribution is 0.0756. The number of fused-ring (bicyclic) bond motifs is 2. The standard InChI is InChI=1S/C19H28N2OS/c1-12(2)23-17-8-6-13(7-9-17)19(22)21-18-14-4-3-5-15(18)11-16(20)10-14/h6-9,12,14-16,18H,3-5,10-11,20H2,1-2H3,(H,21,22). The van der Waals surface area contributed by atoms with Gasteiger partial charge in [-0.3, -0.25) is 4.79 Å². The minimum absolute atomic E-state index is 0.0727. The van der Waals surface area contributed by atoms with Gasteiger partial charge in [0.2, 0.25) is 0 Å². The summed E-state index contributed by atoms with van der Waals surface area (Å²) in [5, 5.41) is 3.87. The summed E-state index contributed by atoms with van der Waals surface area (Å²) >= 11 is 1.82. The third-order valence-electron chi connectivity index (χ3n) is 5.16. The maximum Gasteiger partial charge on any atom is 0.251 e. The van der Waals surface area contributed by atoms with E-state index in [9.17, 15) is 4.79 Å². The summed E-state index contributed by atoms with van der Waals surface area (Å²) in [6.07, 6.45) is 5.82. The van der Waals surface area contributed by atoms with Crippen molar-refractivity contribution in [2.24, 2.45) is 17.6 Å². The Morgan fingerprint density at radius 3 is 2.35 bits per heavy atom. The Balaban J connectivity index is 1.64. The second-order valence-electron chi connectivity index (χ2n) is 7.37. The minimum atomic E-state index is 0.0727. The molecule has 23 heavy (non-hydrogen) atoms. The van der Waals surface area contributed by atoms with Crippen LogP contribution in [0.25, 0.3) is 0 Å². The fraction of sp³-hybridized carbons (Fsp3) is 0.632. The molecule has 2 atom stereocenters. The average molecular weight is 333 g/mol. The van der Waals surface area contributed by atoms with Crippen LogP contribution < -0.4 is 11.1 Å². The third-order valence-corrected chi connectivity index (χ3v) is 6.18. The van der Waals surface area contributed by atoms with Gasteiger partial charge < -0.3 is 11.1 Å². The second kappa shape index (κ2) is 7.27. The first-order valence-electron chi connectivity index (χ1n) is 8.86. The number of carbonyl (C=O) groups excluding carboxylic acids is 1. The van der Waals surface area contributed by atoms with E-state index in [1.165, 1.54) is 24.2 Å². The molecule has 0 aliphatic heterocycles. The molecule has 4 heteroatoms. The first-order valence-corrected chi connectivity index (χ1v) is 9.74. The molecule has 3 nitrogen and oxygen atoms in total. The number of hydrogen-bond acceptors (Lipinski definition) is 3. The summed E-state index contributed by atoms with van der Waals surface area (Å²) in [5.41, 5.74) is 6.94. The molecule has 0 aromatic heterocycles. The fourth-order valence-electron chi connectivity index (χ4n) is 4.22. The summed E-state index contributed by atoms with van der Waals surface area (Å²) in [7, 11) is 0. The van der Waals surface area contributed by atoms with Crippen molar-refractivity contribution < 1.29 is 4.79 Å². The number of carbonyl (C=O) groups is 1. The van der Waals surface area contributed by atoms with Crippen LogP contribution in [0.15, 0.2) is 29.2 Å². The van der Waals surface area contributed by atoms with Crippen LogP contribution in [0.4, 0.5) is 0 Å². The number of nitrogens with one attached hydrogen (secondary N) is 1. The maximum absolute atomic E-state index is 12.6. The van der Waals surface area contributed by atoms with E-state index in [4.69, 9.17) is 5.73 Å². The molecule has 1 aromatic rings. The lowest BCUT2D eigenvalue weighted by atomic mass is 9.67. The smallest absolute Gasteiger partial charge is 0.251 e. The molecule has 2 fully saturated rings. The van der Waals surface area contributed by atoms with Crippen molar-refractivity contribution >= 4 is 17.7 Å². The molecule has 2 bridgehead atoms. The van der Waals surface area contributed by atoms with Crippen LogP contribution >= 0.6 is 11.8 Å². The van der Waals surface area contributed by atoms with Gasteiger partial charge in [-0.25, -0.2) is 0 Å². The molecule has 1 aromatic carbocycles. The van der Waals surface area contributed by atoms with Crippen molar-refractivity contribution in [3.63, 3.8) is 0 Å². The molecule has 126 valence electrons. The van der Waals surface area contributed by atoms with Crippen LogP contribution in [0.2, 0.25) is 0 Å². The van der Waals surface area contributed by atoms with Crippen molar-refractivity contribution in [3.8, 4) is 0 Å². The van der Waals surface area contributed by atoms with Gasteiger partial charge in [-0.05, 0) is 61.8 Å². The first-order chi connectivity index (χ1) is 11.0. The summed E-state index contributed by atoms with van der Waals surface area (Å²) in [6, 6.07) is 8.65. The number of benzene rings is 1. The van der Waals surface area contributed by atoms with Gasteiger partial charge in [0.25, 0.3) is 5.91 Å². The highest BCUT2D eigenvalue weighted by molar-refractivity contribution is 7.99. The van der Waals surface area contributed by atoms with Crippen molar-refractivity contribution in [1.29, 1.82) is 0 Å². The van der Waals surface area contributed by atoms with E-state index in [0.717, 1.165) is 18.4 Å². The van der Waals surface area contributed by atoms with E-state index < -0.39 is 0 Å². The molecule has 0 spiro atoms. The number of thioether (sulfide) groups is 1. The van der Waals surface area contributed by atoms with Gasteiger partial charge in [0.05, 0.1) is 0 Å². The molecule has 0 heterocycles. The molecule has 3 rings (SSSR count). The molecule has 3 N–H and O–H groups in total. The van der Waals surface area contributed by atoms with Crippen LogP contribution in [-0.2, 0) is 0 Å². The zero-order chi connectivity index (χ0) is 16.4. The summed E-state index contributed by atoms with van der Waals surface area (Å²) in [5.74, 6) is 1.21. The topological polar surface area (TPSA) is 55.1 Å². The van der Waals surface area contributed by atoms with Gasteiger partial charge in [0.1, 0.15) is 0 Å². The van der Waals surface area contributed by atoms with E-state index in [1.807, 2.05) is 23.9 Å². The van der Waals surface area contributed by atoms with E-state index in [1.54, 1.807) is 0 Å². The molecular formula is C19H28N2OS.